The predicted molar refractivity (Wildman–Crippen MR) is 48.4 cm³/mol. The van der Waals surface area contributed by atoms with Crippen molar-refractivity contribution in [3.05, 3.63) is 21.7 Å². The second-order valence-corrected chi connectivity index (χ2v) is 3.39. The van der Waals surface area contributed by atoms with Gasteiger partial charge in [-0.2, -0.15) is 13.2 Å². The first-order valence-corrected chi connectivity index (χ1v) is 4.48. The van der Waals surface area contributed by atoms with Gasteiger partial charge in [-0.05, 0) is 0 Å². The number of alkyl halides is 3. The molecule has 0 atom stereocenters. The smallest absolute Gasteiger partial charge is 0.451 e. The van der Waals surface area contributed by atoms with Crippen LogP contribution in [0.4, 0.5) is 13.2 Å². The third-order valence-corrected chi connectivity index (χ3v) is 2.11. The zero-order valence-electron chi connectivity index (χ0n) is 7.35. The van der Waals surface area contributed by atoms with E-state index in [0.29, 0.717) is 0 Å². The van der Waals surface area contributed by atoms with Gasteiger partial charge in [-0.1, -0.05) is 23.2 Å². The standard InChI is InChI=1S/C7H3Cl2F3N2O2/c8-4-2(1-3(15)16)5(9)14-6(13-4)7(10,11)12/h1H2,(H,15,16). The van der Waals surface area contributed by atoms with E-state index in [4.69, 9.17) is 28.3 Å². The van der Waals surface area contributed by atoms with Crippen LogP contribution in [0.25, 0.3) is 0 Å². The molecule has 0 spiro atoms. The molecule has 1 aromatic rings. The minimum atomic E-state index is -4.78. The summed E-state index contributed by atoms with van der Waals surface area (Å²) in [4.78, 5) is 16.2. The van der Waals surface area contributed by atoms with Gasteiger partial charge in [0.05, 0.1) is 6.42 Å². The Bertz CT molecular complexity index is 413. The molecule has 4 nitrogen and oxygen atoms in total. The minimum absolute atomic E-state index is 0.246. The summed E-state index contributed by atoms with van der Waals surface area (Å²) in [7, 11) is 0. The average Bonchev–Trinajstić information content (AvgIpc) is 2.09. The molecule has 1 N–H and O–H groups in total. The number of halogens is 5. The third-order valence-electron chi connectivity index (χ3n) is 1.49. The van der Waals surface area contributed by atoms with Crippen LogP contribution in [0.3, 0.4) is 0 Å². The Hall–Kier alpha value is -1.08. The van der Waals surface area contributed by atoms with Crippen LogP contribution < -0.4 is 0 Å². The quantitative estimate of drug-likeness (QED) is 0.842. The summed E-state index contributed by atoms with van der Waals surface area (Å²) in [6, 6.07) is 0. The molecule has 1 rings (SSSR count). The fraction of sp³-hybridized carbons (Fsp3) is 0.286. The zero-order valence-corrected chi connectivity index (χ0v) is 8.86. The van der Waals surface area contributed by atoms with Gasteiger partial charge in [-0.15, -0.1) is 0 Å². The van der Waals surface area contributed by atoms with Crippen LogP contribution in [0.2, 0.25) is 10.3 Å². The topological polar surface area (TPSA) is 63.1 Å². The Morgan fingerprint density at radius 1 is 1.25 bits per heavy atom. The zero-order chi connectivity index (χ0) is 12.5. The summed E-state index contributed by atoms with van der Waals surface area (Å²) >= 11 is 10.8. The number of rotatable bonds is 2. The van der Waals surface area contributed by atoms with Crippen LogP contribution in [0.1, 0.15) is 11.4 Å². The van der Waals surface area contributed by atoms with E-state index in [-0.39, 0.29) is 5.56 Å². The molecule has 0 saturated carbocycles. The molecule has 0 aliphatic heterocycles. The molecule has 0 aliphatic carbocycles. The SMILES string of the molecule is O=C(O)Cc1c(Cl)nc(C(F)(F)F)nc1Cl. The van der Waals surface area contributed by atoms with Crippen LogP contribution in [0, 0.1) is 0 Å². The van der Waals surface area contributed by atoms with Crippen molar-refractivity contribution in [2.45, 2.75) is 12.6 Å². The Morgan fingerprint density at radius 2 is 1.69 bits per heavy atom. The second kappa shape index (κ2) is 4.42. The lowest BCUT2D eigenvalue weighted by atomic mass is 10.2. The summed E-state index contributed by atoms with van der Waals surface area (Å²) in [5.74, 6) is -2.80. The third kappa shape index (κ3) is 2.96. The van der Waals surface area contributed by atoms with Crippen molar-refractivity contribution in [3.63, 3.8) is 0 Å². The first-order chi connectivity index (χ1) is 7.21. The van der Waals surface area contributed by atoms with E-state index in [1.165, 1.54) is 0 Å². The molecular formula is C7H3Cl2F3N2O2. The van der Waals surface area contributed by atoms with Crippen LogP contribution in [-0.4, -0.2) is 21.0 Å². The monoisotopic (exact) mass is 274 g/mol. The highest BCUT2D eigenvalue weighted by molar-refractivity contribution is 6.34. The van der Waals surface area contributed by atoms with Crippen molar-refractivity contribution in [1.29, 1.82) is 0 Å². The number of carboxylic acids is 1. The predicted octanol–water partition coefficient (Wildman–Crippen LogP) is 2.43. The molecule has 0 unspecified atom stereocenters. The lowest BCUT2D eigenvalue weighted by molar-refractivity contribution is -0.145. The summed E-state index contributed by atoms with van der Waals surface area (Å²) < 4.78 is 36.6. The molecule has 0 aromatic carbocycles. The number of nitrogens with zero attached hydrogens (tertiary/aromatic N) is 2. The molecule has 16 heavy (non-hydrogen) atoms. The number of carboxylic acid groups (broad SMARTS) is 1. The summed E-state index contributed by atoms with van der Waals surface area (Å²) in [6.07, 6.45) is -5.43. The van der Waals surface area contributed by atoms with Gasteiger partial charge in [0.1, 0.15) is 10.3 Å². The first kappa shape index (κ1) is 13.0. The Morgan fingerprint density at radius 3 is 2.00 bits per heavy atom. The van der Waals surface area contributed by atoms with E-state index < -0.39 is 34.7 Å². The lowest BCUT2D eigenvalue weighted by Gasteiger charge is -2.08. The largest absolute Gasteiger partial charge is 0.481 e. The van der Waals surface area contributed by atoms with Gasteiger partial charge < -0.3 is 5.11 Å². The number of hydrogen-bond donors (Lipinski definition) is 1. The van der Waals surface area contributed by atoms with Gasteiger partial charge in [-0.25, -0.2) is 9.97 Å². The highest BCUT2D eigenvalue weighted by atomic mass is 35.5. The van der Waals surface area contributed by atoms with Crippen molar-refractivity contribution in [2.24, 2.45) is 0 Å². The normalized spacial score (nSPS) is 11.6. The van der Waals surface area contributed by atoms with Gasteiger partial charge in [0.15, 0.2) is 0 Å². The molecule has 1 aromatic heterocycles. The van der Waals surface area contributed by atoms with Crippen molar-refractivity contribution >= 4 is 29.2 Å². The molecule has 0 bridgehead atoms. The Kier molecular flexibility index (Phi) is 3.59. The maximum Gasteiger partial charge on any atom is 0.451 e. The average molecular weight is 275 g/mol. The number of aromatic nitrogens is 2. The minimum Gasteiger partial charge on any atom is -0.481 e. The summed E-state index contributed by atoms with van der Waals surface area (Å²) in [5.41, 5.74) is -0.246. The highest BCUT2D eigenvalue weighted by Gasteiger charge is 2.36. The van der Waals surface area contributed by atoms with Crippen molar-refractivity contribution in [2.75, 3.05) is 0 Å². The maximum absolute atomic E-state index is 12.2. The van der Waals surface area contributed by atoms with Gasteiger partial charge in [0, 0.05) is 5.56 Å². The number of hydrogen-bond acceptors (Lipinski definition) is 3. The maximum atomic E-state index is 12.2. The van der Waals surface area contributed by atoms with Crippen LogP contribution >= 0.6 is 23.2 Å². The van der Waals surface area contributed by atoms with Crippen LogP contribution in [0.5, 0.6) is 0 Å². The molecule has 0 saturated heterocycles. The van der Waals surface area contributed by atoms with E-state index in [1.807, 2.05) is 0 Å². The van der Waals surface area contributed by atoms with Crippen molar-refractivity contribution in [1.82, 2.24) is 9.97 Å². The molecule has 88 valence electrons. The molecular weight excluding hydrogens is 272 g/mol. The number of carbonyl (C=O) groups is 1. The summed E-state index contributed by atoms with van der Waals surface area (Å²) in [5, 5.41) is 7.22. The fourth-order valence-corrected chi connectivity index (χ4v) is 1.38. The van der Waals surface area contributed by atoms with E-state index in [2.05, 4.69) is 9.97 Å². The second-order valence-electron chi connectivity index (χ2n) is 2.68. The molecule has 1 heterocycles. The van der Waals surface area contributed by atoms with E-state index in [0.717, 1.165) is 0 Å². The van der Waals surface area contributed by atoms with Gasteiger partial charge in [0.2, 0.25) is 5.82 Å². The Labute approximate surface area is 97.0 Å². The fourth-order valence-electron chi connectivity index (χ4n) is 0.855. The van der Waals surface area contributed by atoms with Crippen LogP contribution in [-0.2, 0) is 17.4 Å². The van der Waals surface area contributed by atoms with E-state index >= 15 is 0 Å². The summed E-state index contributed by atoms with van der Waals surface area (Å²) in [6.45, 7) is 0. The number of aliphatic carboxylic acids is 1. The van der Waals surface area contributed by atoms with Gasteiger partial charge in [-0.3, -0.25) is 4.79 Å². The van der Waals surface area contributed by atoms with Gasteiger partial charge >= 0.3 is 12.1 Å². The molecule has 0 aliphatic rings. The van der Waals surface area contributed by atoms with Gasteiger partial charge in [0.25, 0.3) is 0 Å². The van der Waals surface area contributed by atoms with E-state index in [9.17, 15) is 18.0 Å². The molecule has 0 fully saturated rings. The highest BCUT2D eigenvalue weighted by Crippen LogP contribution is 2.30. The first-order valence-electron chi connectivity index (χ1n) is 3.72. The van der Waals surface area contributed by atoms with E-state index in [1.54, 1.807) is 0 Å². The molecule has 9 heteroatoms. The molecule has 0 radical (unpaired) electrons. The Balaban J connectivity index is 3.23. The van der Waals surface area contributed by atoms with Crippen LogP contribution in [0.15, 0.2) is 0 Å². The van der Waals surface area contributed by atoms with Crippen molar-refractivity contribution < 1.29 is 23.1 Å². The van der Waals surface area contributed by atoms with Crippen molar-refractivity contribution in [3.8, 4) is 0 Å². The lowest BCUT2D eigenvalue weighted by Crippen LogP contribution is -2.14. The molecule has 0 amide bonds.